The Kier molecular flexibility index (Phi) is 4.80. The Morgan fingerprint density at radius 1 is 1.57 bits per heavy atom. The van der Waals surface area contributed by atoms with Gasteiger partial charge in [-0.3, -0.25) is 0 Å². The van der Waals surface area contributed by atoms with E-state index in [0.29, 0.717) is 10.8 Å². The Morgan fingerprint density at radius 3 is 3.05 bits per heavy atom. The monoisotopic (exact) mass is 305 g/mol. The fourth-order valence-corrected chi connectivity index (χ4v) is 1.79. The van der Waals surface area contributed by atoms with Crippen LogP contribution in [0.3, 0.4) is 0 Å². The number of rotatable bonds is 5. The number of esters is 1. The molecule has 0 unspecified atom stereocenters. The van der Waals surface area contributed by atoms with Gasteiger partial charge in [-0.2, -0.15) is 0 Å². The Labute approximate surface area is 126 Å². The van der Waals surface area contributed by atoms with Gasteiger partial charge in [0.2, 0.25) is 5.88 Å². The van der Waals surface area contributed by atoms with Crippen LogP contribution in [0, 0.1) is 12.3 Å². The summed E-state index contributed by atoms with van der Waals surface area (Å²) < 4.78 is 11.5. The van der Waals surface area contributed by atoms with E-state index in [-0.39, 0.29) is 24.8 Å². The maximum absolute atomic E-state index is 12.0. The first-order valence-corrected chi connectivity index (χ1v) is 6.49. The van der Waals surface area contributed by atoms with Gasteiger partial charge in [-0.15, -0.1) is 11.5 Å². The molecule has 0 N–H and O–H groups in total. The standard InChI is InChI=1S/C14H12ClN3O3/c1-3-8-21-12-9-11(14(19)20-4-2)18(17-12)13-10(15)6-5-7-16-13/h1,5-7,9H,4,8H2,2H3. The highest BCUT2D eigenvalue weighted by Crippen LogP contribution is 2.22. The summed E-state index contributed by atoms with van der Waals surface area (Å²) in [7, 11) is 0. The third-order valence-corrected chi connectivity index (χ3v) is 2.71. The average molecular weight is 306 g/mol. The topological polar surface area (TPSA) is 66.2 Å². The number of hydrogen-bond acceptors (Lipinski definition) is 5. The lowest BCUT2D eigenvalue weighted by Crippen LogP contribution is -2.13. The van der Waals surface area contributed by atoms with Crippen molar-refractivity contribution in [2.75, 3.05) is 13.2 Å². The number of pyridine rings is 1. The highest BCUT2D eigenvalue weighted by atomic mass is 35.5. The minimum atomic E-state index is -0.553. The molecular formula is C14H12ClN3O3. The highest BCUT2D eigenvalue weighted by molar-refractivity contribution is 6.32. The number of carbonyl (C=O) groups is 1. The van der Waals surface area contributed by atoms with Gasteiger partial charge in [0.1, 0.15) is 0 Å². The molecular weight excluding hydrogens is 294 g/mol. The molecule has 0 fully saturated rings. The van der Waals surface area contributed by atoms with Crippen molar-refractivity contribution in [2.45, 2.75) is 6.92 Å². The molecule has 0 aromatic carbocycles. The molecule has 0 aliphatic carbocycles. The van der Waals surface area contributed by atoms with Gasteiger partial charge in [-0.1, -0.05) is 17.5 Å². The van der Waals surface area contributed by atoms with Gasteiger partial charge in [-0.05, 0) is 19.1 Å². The molecule has 0 atom stereocenters. The number of nitrogens with zero attached hydrogens (tertiary/aromatic N) is 3. The van der Waals surface area contributed by atoms with Gasteiger partial charge in [-0.25, -0.2) is 14.5 Å². The predicted octanol–water partition coefficient (Wildman–Crippen LogP) is 2.11. The van der Waals surface area contributed by atoms with Crippen LogP contribution in [0.15, 0.2) is 24.4 Å². The zero-order chi connectivity index (χ0) is 15.2. The van der Waals surface area contributed by atoms with E-state index in [1.165, 1.54) is 10.7 Å². The van der Waals surface area contributed by atoms with E-state index < -0.39 is 5.97 Å². The van der Waals surface area contributed by atoms with Gasteiger partial charge in [0.05, 0.1) is 11.6 Å². The van der Waals surface area contributed by atoms with E-state index in [0.717, 1.165) is 0 Å². The summed E-state index contributed by atoms with van der Waals surface area (Å²) in [6, 6.07) is 4.75. The molecule has 0 spiro atoms. The number of terminal acetylenes is 1. The van der Waals surface area contributed by atoms with Crippen molar-refractivity contribution in [3.8, 4) is 24.0 Å². The fourth-order valence-electron chi connectivity index (χ4n) is 1.59. The molecule has 0 aliphatic heterocycles. The van der Waals surface area contributed by atoms with Crippen molar-refractivity contribution in [3.63, 3.8) is 0 Å². The molecule has 21 heavy (non-hydrogen) atoms. The van der Waals surface area contributed by atoms with Crippen molar-refractivity contribution < 1.29 is 14.3 Å². The number of halogens is 1. The second-order valence-electron chi connectivity index (χ2n) is 3.80. The molecule has 6 nitrogen and oxygen atoms in total. The van der Waals surface area contributed by atoms with Gasteiger partial charge >= 0.3 is 5.97 Å². The lowest BCUT2D eigenvalue weighted by molar-refractivity contribution is 0.0515. The van der Waals surface area contributed by atoms with E-state index in [4.69, 9.17) is 27.5 Å². The van der Waals surface area contributed by atoms with Crippen LogP contribution in [-0.2, 0) is 4.74 Å². The van der Waals surface area contributed by atoms with Crippen molar-refractivity contribution in [2.24, 2.45) is 0 Å². The van der Waals surface area contributed by atoms with Crippen LogP contribution in [0.4, 0.5) is 0 Å². The molecule has 0 aliphatic rings. The Balaban J connectivity index is 2.47. The summed E-state index contributed by atoms with van der Waals surface area (Å²) in [6.07, 6.45) is 6.67. The molecule has 7 heteroatoms. The summed E-state index contributed by atoms with van der Waals surface area (Å²) >= 11 is 6.08. The van der Waals surface area contributed by atoms with Crippen molar-refractivity contribution in [3.05, 3.63) is 35.1 Å². The fraction of sp³-hybridized carbons (Fsp3) is 0.214. The van der Waals surface area contributed by atoms with Crippen LogP contribution in [0.5, 0.6) is 5.88 Å². The largest absolute Gasteiger partial charge is 0.463 e. The second-order valence-corrected chi connectivity index (χ2v) is 4.21. The first-order chi connectivity index (χ1) is 10.2. The van der Waals surface area contributed by atoms with Crippen LogP contribution in [-0.4, -0.2) is 33.9 Å². The molecule has 108 valence electrons. The van der Waals surface area contributed by atoms with Gasteiger partial charge in [0.25, 0.3) is 0 Å². The van der Waals surface area contributed by atoms with E-state index in [2.05, 4.69) is 16.0 Å². The Bertz CT molecular complexity index is 691. The van der Waals surface area contributed by atoms with E-state index in [1.54, 1.807) is 25.3 Å². The predicted molar refractivity (Wildman–Crippen MR) is 76.7 cm³/mol. The Hall–Kier alpha value is -2.52. The first kappa shape index (κ1) is 14.9. The number of ether oxygens (including phenoxy) is 2. The molecule has 0 saturated carbocycles. The smallest absolute Gasteiger partial charge is 0.357 e. The molecule has 2 rings (SSSR count). The quantitative estimate of drug-likeness (QED) is 0.625. The maximum Gasteiger partial charge on any atom is 0.357 e. The summed E-state index contributed by atoms with van der Waals surface area (Å²) in [4.78, 5) is 16.1. The molecule has 2 heterocycles. The molecule has 0 radical (unpaired) electrons. The zero-order valence-corrected chi connectivity index (χ0v) is 12.0. The SMILES string of the molecule is C#CCOc1cc(C(=O)OCC)n(-c2ncccc2Cl)n1. The van der Waals surface area contributed by atoms with E-state index in [1.807, 2.05) is 0 Å². The molecule has 2 aromatic rings. The van der Waals surface area contributed by atoms with Crippen LogP contribution >= 0.6 is 11.6 Å². The van der Waals surface area contributed by atoms with E-state index in [9.17, 15) is 4.79 Å². The number of carbonyl (C=O) groups excluding carboxylic acids is 1. The van der Waals surface area contributed by atoms with Crippen molar-refractivity contribution in [1.29, 1.82) is 0 Å². The Morgan fingerprint density at radius 2 is 2.38 bits per heavy atom. The first-order valence-electron chi connectivity index (χ1n) is 6.11. The van der Waals surface area contributed by atoms with Crippen molar-refractivity contribution >= 4 is 17.6 Å². The summed E-state index contributed by atoms with van der Waals surface area (Å²) in [6.45, 7) is 1.98. The third kappa shape index (κ3) is 3.33. The summed E-state index contributed by atoms with van der Waals surface area (Å²) in [5, 5.41) is 4.48. The number of hydrogen-bond donors (Lipinski definition) is 0. The third-order valence-electron chi connectivity index (χ3n) is 2.41. The van der Waals surface area contributed by atoms with E-state index >= 15 is 0 Å². The van der Waals surface area contributed by atoms with Crippen LogP contribution in [0.2, 0.25) is 5.02 Å². The van der Waals surface area contributed by atoms with Crippen LogP contribution in [0.1, 0.15) is 17.4 Å². The highest BCUT2D eigenvalue weighted by Gasteiger charge is 2.20. The molecule has 0 amide bonds. The second kappa shape index (κ2) is 6.77. The summed E-state index contributed by atoms with van der Waals surface area (Å²) in [5.41, 5.74) is 0.157. The molecule has 2 aromatic heterocycles. The lowest BCUT2D eigenvalue weighted by Gasteiger charge is -2.06. The minimum absolute atomic E-state index is 0.0369. The van der Waals surface area contributed by atoms with Gasteiger partial charge in [0, 0.05) is 12.3 Å². The van der Waals surface area contributed by atoms with Crippen LogP contribution < -0.4 is 4.74 Å². The van der Waals surface area contributed by atoms with Crippen LogP contribution in [0.25, 0.3) is 5.82 Å². The molecule has 0 bridgehead atoms. The lowest BCUT2D eigenvalue weighted by atomic mass is 10.4. The van der Waals surface area contributed by atoms with Gasteiger partial charge in [0.15, 0.2) is 18.1 Å². The van der Waals surface area contributed by atoms with Crippen molar-refractivity contribution in [1.82, 2.24) is 14.8 Å². The summed E-state index contributed by atoms with van der Waals surface area (Å²) in [5.74, 6) is 2.26. The molecule has 0 saturated heterocycles. The van der Waals surface area contributed by atoms with Gasteiger partial charge < -0.3 is 9.47 Å². The average Bonchev–Trinajstić information content (AvgIpc) is 2.90. The normalized spacial score (nSPS) is 9.95. The maximum atomic E-state index is 12.0. The number of aromatic nitrogens is 3. The minimum Gasteiger partial charge on any atom is -0.463 e. The zero-order valence-electron chi connectivity index (χ0n) is 11.2.